The van der Waals surface area contributed by atoms with E-state index in [2.05, 4.69) is 9.97 Å². The van der Waals surface area contributed by atoms with Crippen molar-refractivity contribution in [2.75, 3.05) is 6.61 Å². The number of aryl methyl sites for hydroxylation is 1. The number of carbonyl (C=O) groups is 1. The van der Waals surface area contributed by atoms with E-state index in [1.807, 2.05) is 6.07 Å². The predicted molar refractivity (Wildman–Crippen MR) is 78.7 cm³/mol. The molecule has 0 N–H and O–H groups in total. The van der Waals surface area contributed by atoms with Crippen LogP contribution in [0, 0.1) is 12.7 Å². The van der Waals surface area contributed by atoms with Crippen LogP contribution in [-0.4, -0.2) is 22.5 Å². The summed E-state index contributed by atoms with van der Waals surface area (Å²) in [6.07, 6.45) is 1.47. The van der Waals surface area contributed by atoms with Gasteiger partial charge in [-0.3, -0.25) is 0 Å². The Morgan fingerprint density at radius 2 is 2.24 bits per heavy atom. The van der Waals surface area contributed by atoms with Crippen LogP contribution in [-0.2, 0) is 10.5 Å². The lowest BCUT2D eigenvalue weighted by Gasteiger charge is -2.06. The van der Waals surface area contributed by atoms with Crippen LogP contribution in [0.25, 0.3) is 0 Å². The van der Waals surface area contributed by atoms with Crippen LogP contribution in [0.4, 0.5) is 4.39 Å². The molecule has 0 aliphatic rings. The molecule has 0 saturated carbocycles. The maximum absolute atomic E-state index is 13.1. The molecule has 0 spiro atoms. The van der Waals surface area contributed by atoms with Crippen molar-refractivity contribution in [1.82, 2.24) is 9.97 Å². The van der Waals surface area contributed by atoms with Crippen LogP contribution < -0.4 is 0 Å². The molecule has 0 unspecified atom stereocenters. The summed E-state index contributed by atoms with van der Waals surface area (Å²) >= 11 is 1.44. The van der Waals surface area contributed by atoms with Gasteiger partial charge in [0.2, 0.25) is 0 Å². The third kappa shape index (κ3) is 4.26. The zero-order valence-electron chi connectivity index (χ0n) is 11.8. The number of thioether (sulfide) groups is 1. The quantitative estimate of drug-likeness (QED) is 0.626. The second-order valence-electron chi connectivity index (χ2n) is 4.25. The van der Waals surface area contributed by atoms with E-state index in [1.165, 1.54) is 30.1 Å². The zero-order valence-corrected chi connectivity index (χ0v) is 12.6. The van der Waals surface area contributed by atoms with Gasteiger partial charge in [0.25, 0.3) is 0 Å². The monoisotopic (exact) mass is 306 g/mol. The Morgan fingerprint density at radius 3 is 2.90 bits per heavy atom. The summed E-state index contributed by atoms with van der Waals surface area (Å²) < 4.78 is 18.0. The van der Waals surface area contributed by atoms with E-state index in [0.29, 0.717) is 29.4 Å². The van der Waals surface area contributed by atoms with Gasteiger partial charge in [0.1, 0.15) is 11.6 Å². The average Bonchev–Trinajstić information content (AvgIpc) is 2.45. The summed E-state index contributed by atoms with van der Waals surface area (Å²) in [6.45, 7) is 3.80. The van der Waals surface area contributed by atoms with E-state index in [4.69, 9.17) is 4.74 Å². The van der Waals surface area contributed by atoms with Crippen molar-refractivity contribution in [3.8, 4) is 0 Å². The van der Waals surface area contributed by atoms with Crippen LogP contribution in [0.2, 0.25) is 0 Å². The maximum atomic E-state index is 13.1. The molecule has 0 aliphatic heterocycles. The molecule has 1 aromatic carbocycles. The van der Waals surface area contributed by atoms with E-state index in [-0.39, 0.29) is 5.82 Å². The molecule has 6 heteroatoms. The third-order valence-corrected chi connectivity index (χ3v) is 3.68. The minimum atomic E-state index is -0.417. The summed E-state index contributed by atoms with van der Waals surface area (Å²) in [7, 11) is 0. The van der Waals surface area contributed by atoms with Crippen molar-refractivity contribution < 1.29 is 13.9 Å². The fourth-order valence-electron chi connectivity index (χ4n) is 1.70. The molecule has 21 heavy (non-hydrogen) atoms. The van der Waals surface area contributed by atoms with Gasteiger partial charge < -0.3 is 4.74 Å². The topological polar surface area (TPSA) is 52.1 Å². The van der Waals surface area contributed by atoms with Crippen LogP contribution in [0.15, 0.2) is 35.4 Å². The molecule has 0 radical (unpaired) electrons. The molecule has 1 aromatic heterocycles. The van der Waals surface area contributed by atoms with Gasteiger partial charge >= 0.3 is 5.97 Å². The Labute approximate surface area is 126 Å². The third-order valence-electron chi connectivity index (χ3n) is 2.69. The summed E-state index contributed by atoms with van der Waals surface area (Å²) in [5, 5.41) is 0. The van der Waals surface area contributed by atoms with Crippen molar-refractivity contribution in [3.63, 3.8) is 0 Å². The number of nitrogens with zero attached hydrogens (tertiary/aromatic N) is 2. The number of carbonyl (C=O) groups excluding carboxylic acids is 1. The van der Waals surface area contributed by atoms with Gasteiger partial charge in [-0.25, -0.2) is 19.2 Å². The zero-order chi connectivity index (χ0) is 15.2. The lowest BCUT2D eigenvalue weighted by Crippen LogP contribution is -2.10. The number of benzene rings is 1. The second kappa shape index (κ2) is 7.17. The highest BCUT2D eigenvalue weighted by Crippen LogP contribution is 2.22. The van der Waals surface area contributed by atoms with Crippen molar-refractivity contribution in [2.24, 2.45) is 0 Å². The van der Waals surface area contributed by atoms with Gasteiger partial charge in [0.15, 0.2) is 0 Å². The number of halogens is 1. The van der Waals surface area contributed by atoms with Crippen LogP contribution in [0.5, 0.6) is 0 Å². The number of esters is 1. The Balaban J connectivity index is 2.05. The highest BCUT2D eigenvalue weighted by Gasteiger charge is 2.12. The first-order valence-corrected chi connectivity index (χ1v) is 7.46. The van der Waals surface area contributed by atoms with E-state index in [0.717, 1.165) is 4.90 Å². The molecule has 110 valence electrons. The molecule has 2 rings (SSSR count). The van der Waals surface area contributed by atoms with Crippen LogP contribution in [0.1, 0.15) is 28.8 Å². The van der Waals surface area contributed by atoms with E-state index >= 15 is 0 Å². The molecule has 2 aromatic rings. The van der Waals surface area contributed by atoms with Crippen LogP contribution in [0.3, 0.4) is 0 Å². The second-order valence-corrected chi connectivity index (χ2v) is 5.30. The Kier molecular flexibility index (Phi) is 5.27. The number of aromatic nitrogens is 2. The number of rotatable bonds is 5. The molecule has 0 atom stereocenters. The molecule has 0 amide bonds. The first kappa shape index (κ1) is 15.4. The lowest BCUT2D eigenvalue weighted by atomic mass is 10.2. The van der Waals surface area contributed by atoms with Gasteiger partial charge in [-0.05, 0) is 32.0 Å². The lowest BCUT2D eigenvalue weighted by molar-refractivity contribution is 0.0524. The van der Waals surface area contributed by atoms with Crippen molar-refractivity contribution in [1.29, 1.82) is 0 Å². The molecule has 0 saturated heterocycles. The highest BCUT2D eigenvalue weighted by atomic mass is 32.2. The Bertz CT molecular complexity index is 649. The standard InChI is InChI=1S/C15H15FN2O2S/c1-3-20-15(19)13-8-17-14(18-10(13)2)9-21-12-6-4-5-11(16)7-12/h4-8H,3,9H2,1-2H3. The Morgan fingerprint density at radius 1 is 1.43 bits per heavy atom. The SMILES string of the molecule is CCOC(=O)c1cnc(CSc2cccc(F)c2)nc1C. The molecular formula is C15H15FN2O2S. The predicted octanol–water partition coefficient (Wildman–Crippen LogP) is 3.39. The van der Waals surface area contributed by atoms with Crippen molar-refractivity contribution >= 4 is 17.7 Å². The minimum Gasteiger partial charge on any atom is -0.462 e. The van der Waals surface area contributed by atoms with Gasteiger partial charge in [-0.15, -0.1) is 11.8 Å². The van der Waals surface area contributed by atoms with Crippen molar-refractivity contribution in [2.45, 2.75) is 24.5 Å². The molecule has 1 heterocycles. The Hall–Kier alpha value is -1.95. The van der Waals surface area contributed by atoms with Gasteiger partial charge in [0, 0.05) is 11.1 Å². The number of hydrogen-bond donors (Lipinski definition) is 0. The van der Waals surface area contributed by atoms with E-state index < -0.39 is 5.97 Å². The van der Waals surface area contributed by atoms with E-state index in [9.17, 15) is 9.18 Å². The first-order chi connectivity index (χ1) is 10.1. The highest BCUT2D eigenvalue weighted by molar-refractivity contribution is 7.98. The maximum Gasteiger partial charge on any atom is 0.341 e. The van der Waals surface area contributed by atoms with E-state index in [1.54, 1.807) is 19.9 Å². The minimum absolute atomic E-state index is 0.269. The number of hydrogen-bond acceptors (Lipinski definition) is 5. The summed E-state index contributed by atoms with van der Waals surface area (Å²) in [4.78, 5) is 20.9. The fourth-order valence-corrected chi connectivity index (χ4v) is 2.50. The number of ether oxygens (including phenoxy) is 1. The van der Waals surface area contributed by atoms with Crippen LogP contribution >= 0.6 is 11.8 Å². The average molecular weight is 306 g/mol. The molecule has 0 aliphatic carbocycles. The molecule has 0 bridgehead atoms. The summed E-state index contributed by atoms with van der Waals surface area (Å²) in [5.74, 6) is 0.414. The smallest absolute Gasteiger partial charge is 0.341 e. The first-order valence-electron chi connectivity index (χ1n) is 6.48. The molecule has 0 fully saturated rings. The molecular weight excluding hydrogens is 291 g/mol. The largest absolute Gasteiger partial charge is 0.462 e. The van der Waals surface area contributed by atoms with Gasteiger partial charge in [-0.2, -0.15) is 0 Å². The summed E-state index contributed by atoms with van der Waals surface area (Å²) in [5.41, 5.74) is 0.953. The normalized spacial score (nSPS) is 10.4. The summed E-state index contributed by atoms with van der Waals surface area (Å²) in [6, 6.07) is 6.35. The van der Waals surface area contributed by atoms with Crippen molar-refractivity contribution in [3.05, 3.63) is 53.4 Å². The molecule has 4 nitrogen and oxygen atoms in total. The fraction of sp³-hybridized carbons (Fsp3) is 0.267. The van der Waals surface area contributed by atoms with Gasteiger partial charge in [-0.1, -0.05) is 6.07 Å². The van der Waals surface area contributed by atoms with Gasteiger partial charge in [0.05, 0.1) is 23.6 Å².